The van der Waals surface area contributed by atoms with Crippen molar-refractivity contribution >= 4 is 5.95 Å². The van der Waals surface area contributed by atoms with Gasteiger partial charge in [0.25, 0.3) is 0 Å². The van der Waals surface area contributed by atoms with Gasteiger partial charge in [0.1, 0.15) is 5.82 Å². The molecule has 0 bridgehead atoms. The Morgan fingerprint density at radius 2 is 1.96 bits per heavy atom. The molecule has 0 aliphatic carbocycles. The first-order chi connectivity index (χ1) is 11.8. The van der Waals surface area contributed by atoms with E-state index < -0.39 is 0 Å². The quantitative estimate of drug-likeness (QED) is 0.736. The molecule has 0 unspecified atom stereocenters. The SMILES string of the molecule is Cc1nccn1-c1cncc([C@@H]2CCCN(c3ncccn3)C2)n1. The summed E-state index contributed by atoms with van der Waals surface area (Å²) in [6.45, 7) is 3.81. The summed E-state index contributed by atoms with van der Waals surface area (Å²) in [5.41, 5.74) is 1.02. The second-order valence-corrected chi connectivity index (χ2v) is 5.98. The first-order valence-electron chi connectivity index (χ1n) is 8.15. The smallest absolute Gasteiger partial charge is 0.225 e. The van der Waals surface area contributed by atoms with E-state index in [1.165, 1.54) is 0 Å². The summed E-state index contributed by atoms with van der Waals surface area (Å²) in [5, 5.41) is 0. The minimum Gasteiger partial charge on any atom is -0.340 e. The average molecular weight is 321 g/mol. The lowest BCUT2D eigenvalue weighted by atomic mass is 9.95. The number of aromatic nitrogens is 6. The summed E-state index contributed by atoms with van der Waals surface area (Å²) in [7, 11) is 0. The molecule has 7 nitrogen and oxygen atoms in total. The lowest BCUT2D eigenvalue weighted by Crippen LogP contribution is -2.35. The third-order valence-electron chi connectivity index (χ3n) is 4.39. The maximum Gasteiger partial charge on any atom is 0.225 e. The molecule has 4 rings (SSSR count). The van der Waals surface area contributed by atoms with E-state index in [0.717, 1.165) is 49.2 Å². The van der Waals surface area contributed by atoms with Gasteiger partial charge in [0, 0.05) is 50.0 Å². The Balaban J connectivity index is 1.58. The van der Waals surface area contributed by atoms with E-state index in [1.807, 2.05) is 30.0 Å². The Bertz CT molecular complexity index is 815. The number of hydrogen-bond acceptors (Lipinski definition) is 6. The molecule has 0 radical (unpaired) electrons. The van der Waals surface area contributed by atoms with E-state index in [2.05, 4.69) is 24.8 Å². The molecule has 1 aliphatic heterocycles. The molecule has 4 heterocycles. The van der Waals surface area contributed by atoms with Crippen LogP contribution in [0, 0.1) is 6.92 Å². The highest BCUT2D eigenvalue weighted by Gasteiger charge is 2.24. The standard InChI is InChI=1S/C17H19N7/c1-13-19-7-9-24(13)16-11-18-10-15(22-16)14-4-2-8-23(12-14)17-20-5-3-6-21-17/h3,5-7,9-11,14H,2,4,8,12H2,1H3/t14-/m1/s1. The largest absolute Gasteiger partial charge is 0.340 e. The summed E-state index contributed by atoms with van der Waals surface area (Å²) >= 11 is 0. The monoisotopic (exact) mass is 321 g/mol. The third-order valence-corrected chi connectivity index (χ3v) is 4.39. The molecule has 1 aliphatic rings. The van der Waals surface area contributed by atoms with Gasteiger partial charge in [-0.3, -0.25) is 9.55 Å². The van der Waals surface area contributed by atoms with Gasteiger partial charge in [-0.05, 0) is 25.8 Å². The highest BCUT2D eigenvalue weighted by molar-refractivity contribution is 5.32. The Morgan fingerprint density at radius 3 is 2.75 bits per heavy atom. The molecule has 0 amide bonds. The van der Waals surface area contributed by atoms with Crippen LogP contribution in [0.2, 0.25) is 0 Å². The van der Waals surface area contributed by atoms with Gasteiger partial charge in [-0.1, -0.05) is 0 Å². The summed E-state index contributed by atoms with van der Waals surface area (Å²) in [6.07, 6.45) is 13.1. The van der Waals surface area contributed by atoms with E-state index in [9.17, 15) is 0 Å². The first-order valence-corrected chi connectivity index (χ1v) is 8.15. The Morgan fingerprint density at radius 1 is 1.08 bits per heavy atom. The molecular weight excluding hydrogens is 302 g/mol. The van der Waals surface area contributed by atoms with Crippen molar-refractivity contribution < 1.29 is 0 Å². The van der Waals surface area contributed by atoms with Crippen LogP contribution in [0.5, 0.6) is 0 Å². The summed E-state index contributed by atoms with van der Waals surface area (Å²) in [4.78, 5) is 24.4. The second kappa shape index (κ2) is 6.35. The van der Waals surface area contributed by atoms with Gasteiger partial charge >= 0.3 is 0 Å². The molecule has 24 heavy (non-hydrogen) atoms. The van der Waals surface area contributed by atoms with Crippen LogP contribution in [0.15, 0.2) is 43.2 Å². The van der Waals surface area contributed by atoms with Crippen LogP contribution in [0.3, 0.4) is 0 Å². The Hall–Kier alpha value is -2.83. The van der Waals surface area contributed by atoms with Crippen molar-refractivity contribution in [3.8, 4) is 5.82 Å². The molecule has 0 aromatic carbocycles. The fourth-order valence-electron chi connectivity index (χ4n) is 3.16. The van der Waals surface area contributed by atoms with Gasteiger partial charge in [0.05, 0.1) is 11.9 Å². The molecule has 0 saturated carbocycles. The molecule has 3 aromatic heterocycles. The topological polar surface area (TPSA) is 72.6 Å². The Kier molecular flexibility index (Phi) is 3.90. The second-order valence-electron chi connectivity index (χ2n) is 5.98. The average Bonchev–Trinajstić information content (AvgIpc) is 3.09. The predicted octanol–water partition coefficient (Wildman–Crippen LogP) is 2.14. The summed E-state index contributed by atoms with van der Waals surface area (Å²) in [5.74, 6) is 2.84. The molecule has 122 valence electrons. The normalized spacial score (nSPS) is 17.9. The molecule has 0 N–H and O–H groups in total. The van der Waals surface area contributed by atoms with Crippen LogP contribution >= 0.6 is 0 Å². The fourth-order valence-corrected chi connectivity index (χ4v) is 3.16. The maximum absolute atomic E-state index is 4.82. The van der Waals surface area contributed by atoms with E-state index >= 15 is 0 Å². The molecule has 1 fully saturated rings. The zero-order valence-corrected chi connectivity index (χ0v) is 13.6. The molecular formula is C17H19N7. The van der Waals surface area contributed by atoms with Gasteiger partial charge in [-0.25, -0.2) is 19.9 Å². The van der Waals surface area contributed by atoms with Gasteiger partial charge in [0.2, 0.25) is 5.95 Å². The van der Waals surface area contributed by atoms with Crippen LogP contribution in [0.25, 0.3) is 5.82 Å². The molecule has 7 heteroatoms. The van der Waals surface area contributed by atoms with E-state index in [0.29, 0.717) is 5.92 Å². The third kappa shape index (κ3) is 2.84. The van der Waals surface area contributed by atoms with Crippen molar-refractivity contribution in [1.29, 1.82) is 0 Å². The lowest BCUT2D eigenvalue weighted by Gasteiger charge is -2.32. The molecule has 1 saturated heterocycles. The highest BCUT2D eigenvalue weighted by Crippen LogP contribution is 2.27. The van der Waals surface area contributed by atoms with E-state index in [1.54, 1.807) is 24.8 Å². The predicted molar refractivity (Wildman–Crippen MR) is 90.1 cm³/mol. The zero-order valence-electron chi connectivity index (χ0n) is 13.6. The van der Waals surface area contributed by atoms with Gasteiger partial charge in [-0.15, -0.1) is 0 Å². The van der Waals surface area contributed by atoms with Crippen molar-refractivity contribution in [2.45, 2.75) is 25.7 Å². The van der Waals surface area contributed by atoms with Crippen molar-refractivity contribution in [1.82, 2.24) is 29.5 Å². The molecule has 0 spiro atoms. The summed E-state index contributed by atoms with van der Waals surface area (Å²) < 4.78 is 1.96. The van der Waals surface area contributed by atoms with Crippen molar-refractivity contribution in [2.75, 3.05) is 18.0 Å². The number of anilines is 1. The van der Waals surface area contributed by atoms with Crippen molar-refractivity contribution in [3.05, 3.63) is 54.8 Å². The van der Waals surface area contributed by atoms with Crippen LogP contribution in [0.4, 0.5) is 5.95 Å². The minimum absolute atomic E-state index is 0.332. The van der Waals surface area contributed by atoms with Crippen molar-refractivity contribution in [2.24, 2.45) is 0 Å². The highest BCUT2D eigenvalue weighted by atomic mass is 15.3. The lowest BCUT2D eigenvalue weighted by molar-refractivity contribution is 0.493. The number of aryl methyl sites for hydroxylation is 1. The minimum atomic E-state index is 0.332. The first kappa shape index (κ1) is 14.7. The molecule has 1 atom stereocenters. The van der Waals surface area contributed by atoms with E-state index in [-0.39, 0.29) is 0 Å². The summed E-state index contributed by atoms with van der Waals surface area (Å²) in [6, 6.07) is 1.84. The van der Waals surface area contributed by atoms with Gasteiger partial charge < -0.3 is 4.90 Å². The van der Waals surface area contributed by atoms with Crippen LogP contribution in [0.1, 0.15) is 30.3 Å². The van der Waals surface area contributed by atoms with Crippen molar-refractivity contribution in [3.63, 3.8) is 0 Å². The van der Waals surface area contributed by atoms with Gasteiger partial charge in [0.15, 0.2) is 5.82 Å². The number of imidazole rings is 1. The maximum atomic E-state index is 4.82. The number of nitrogens with zero attached hydrogens (tertiary/aromatic N) is 7. The van der Waals surface area contributed by atoms with Crippen LogP contribution in [-0.2, 0) is 0 Å². The van der Waals surface area contributed by atoms with Crippen LogP contribution in [-0.4, -0.2) is 42.6 Å². The Labute approximate surface area is 140 Å². The number of rotatable bonds is 3. The van der Waals surface area contributed by atoms with Crippen LogP contribution < -0.4 is 4.90 Å². The molecule has 3 aromatic rings. The van der Waals surface area contributed by atoms with Gasteiger partial charge in [-0.2, -0.15) is 0 Å². The fraction of sp³-hybridized carbons (Fsp3) is 0.353. The van der Waals surface area contributed by atoms with E-state index in [4.69, 9.17) is 4.98 Å². The number of piperidine rings is 1. The number of hydrogen-bond donors (Lipinski definition) is 0. The zero-order chi connectivity index (χ0) is 16.4.